The monoisotopic (exact) mass is 263 g/mol. The molecule has 2 aromatic rings. The van der Waals surface area contributed by atoms with Crippen molar-refractivity contribution in [2.45, 2.75) is 17.2 Å². The van der Waals surface area contributed by atoms with E-state index in [4.69, 9.17) is 5.73 Å². The fourth-order valence-electron chi connectivity index (χ4n) is 1.76. The predicted octanol–water partition coefficient (Wildman–Crippen LogP) is 1.74. The number of nitrogens with zero attached hydrogens (tertiary/aromatic N) is 1. The molecule has 0 saturated carbocycles. The second kappa shape index (κ2) is 6.04. The summed E-state index contributed by atoms with van der Waals surface area (Å²) in [7, 11) is 0. The molecule has 1 aromatic heterocycles. The van der Waals surface area contributed by atoms with E-state index in [9.17, 15) is 5.11 Å². The molecular weight excluding hydrogens is 246 g/mol. The molecule has 1 atom stereocenters. The second-order valence-electron chi connectivity index (χ2n) is 4.09. The highest BCUT2D eigenvalue weighted by molar-refractivity contribution is 7.99. The Balaban J connectivity index is 1.96. The molecule has 0 spiro atoms. The van der Waals surface area contributed by atoms with Crippen LogP contribution in [0.4, 0.5) is 0 Å². The number of nitrogens with one attached hydrogen (secondary N) is 1. The fourth-order valence-corrected chi connectivity index (χ4v) is 2.68. The molecule has 4 nitrogen and oxygen atoms in total. The van der Waals surface area contributed by atoms with Crippen molar-refractivity contribution in [3.63, 3.8) is 0 Å². The Kier molecular flexibility index (Phi) is 4.41. The summed E-state index contributed by atoms with van der Waals surface area (Å²) in [5, 5.41) is 11.4. The number of H-pyrrole nitrogens is 1. The van der Waals surface area contributed by atoms with E-state index in [1.807, 2.05) is 30.3 Å². The van der Waals surface area contributed by atoms with E-state index in [1.54, 1.807) is 24.2 Å². The van der Waals surface area contributed by atoms with Gasteiger partial charge in [-0.3, -0.25) is 0 Å². The molecule has 96 valence electrons. The Morgan fingerprint density at radius 2 is 2.11 bits per heavy atom. The lowest BCUT2D eigenvalue weighted by Crippen LogP contribution is -2.35. The van der Waals surface area contributed by atoms with Crippen molar-refractivity contribution in [2.75, 3.05) is 12.3 Å². The normalized spacial score (nSPS) is 14.3. The van der Waals surface area contributed by atoms with Gasteiger partial charge in [0, 0.05) is 24.7 Å². The first kappa shape index (κ1) is 13.1. The first-order valence-corrected chi connectivity index (χ1v) is 6.83. The van der Waals surface area contributed by atoms with Crippen LogP contribution in [0.15, 0.2) is 47.9 Å². The van der Waals surface area contributed by atoms with Gasteiger partial charge in [-0.2, -0.15) is 0 Å². The summed E-state index contributed by atoms with van der Waals surface area (Å²) >= 11 is 1.58. The van der Waals surface area contributed by atoms with Gasteiger partial charge < -0.3 is 15.8 Å². The SMILES string of the molecule is NCC(O)(CCSc1ncc[nH]1)c1ccccc1. The van der Waals surface area contributed by atoms with E-state index in [2.05, 4.69) is 9.97 Å². The smallest absolute Gasteiger partial charge is 0.165 e. The summed E-state index contributed by atoms with van der Waals surface area (Å²) in [6.45, 7) is 0.218. The highest BCUT2D eigenvalue weighted by Gasteiger charge is 2.26. The van der Waals surface area contributed by atoms with Gasteiger partial charge in [0.15, 0.2) is 5.16 Å². The quantitative estimate of drug-likeness (QED) is 0.694. The van der Waals surface area contributed by atoms with E-state index in [0.717, 1.165) is 16.5 Å². The van der Waals surface area contributed by atoms with E-state index < -0.39 is 5.60 Å². The first-order valence-electron chi connectivity index (χ1n) is 5.85. The molecule has 0 aliphatic carbocycles. The number of benzene rings is 1. The van der Waals surface area contributed by atoms with Crippen LogP contribution < -0.4 is 5.73 Å². The predicted molar refractivity (Wildman–Crippen MR) is 73.3 cm³/mol. The van der Waals surface area contributed by atoms with Crippen LogP contribution in [0.1, 0.15) is 12.0 Å². The molecule has 0 bridgehead atoms. The maximum Gasteiger partial charge on any atom is 0.165 e. The van der Waals surface area contributed by atoms with Crippen LogP contribution >= 0.6 is 11.8 Å². The van der Waals surface area contributed by atoms with Crippen LogP contribution in [-0.4, -0.2) is 27.4 Å². The van der Waals surface area contributed by atoms with Gasteiger partial charge in [-0.1, -0.05) is 42.1 Å². The molecule has 0 radical (unpaired) electrons. The maximum absolute atomic E-state index is 10.6. The van der Waals surface area contributed by atoms with Crippen LogP contribution in [0.2, 0.25) is 0 Å². The zero-order valence-electron chi connectivity index (χ0n) is 10.0. The van der Waals surface area contributed by atoms with Crippen molar-refractivity contribution in [1.82, 2.24) is 9.97 Å². The third-order valence-electron chi connectivity index (χ3n) is 2.88. The minimum atomic E-state index is -0.957. The van der Waals surface area contributed by atoms with Crippen molar-refractivity contribution < 1.29 is 5.11 Å². The molecule has 18 heavy (non-hydrogen) atoms. The lowest BCUT2D eigenvalue weighted by atomic mass is 9.91. The van der Waals surface area contributed by atoms with E-state index in [-0.39, 0.29) is 6.54 Å². The minimum Gasteiger partial charge on any atom is -0.384 e. The third kappa shape index (κ3) is 3.13. The van der Waals surface area contributed by atoms with Gasteiger partial charge in [0.05, 0.1) is 0 Å². The van der Waals surface area contributed by atoms with Gasteiger partial charge in [-0.25, -0.2) is 4.98 Å². The number of nitrogens with two attached hydrogens (primary N) is 1. The summed E-state index contributed by atoms with van der Waals surface area (Å²) < 4.78 is 0. The molecule has 0 amide bonds. The topological polar surface area (TPSA) is 74.9 Å². The van der Waals surface area contributed by atoms with E-state index in [1.165, 1.54) is 0 Å². The second-order valence-corrected chi connectivity index (χ2v) is 5.18. The Bertz CT molecular complexity index is 460. The molecule has 0 saturated heterocycles. The van der Waals surface area contributed by atoms with Crippen LogP contribution in [0.3, 0.4) is 0 Å². The molecule has 1 aromatic carbocycles. The molecule has 4 N–H and O–H groups in total. The molecule has 0 aliphatic heterocycles. The molecule has 1 heterocycles. The van der Waals surface area contributed by atoms with Gasteiger partial charge >= 0.3 is 0 Å². The zero-order valence-corrected chi connectivity index (χ0v) is 10.9. The molecular formula is C13H17N3OS. The number of aromatic amines is 1. The number of rotatable bonds is 6. The van der Waals surface area contributed by atoms with Crippen molar-refractivity contribution in [3.8, 4) is 0 Å². The third-order valence-corrected chi connectivity index (χ3v) is 3.78. The Morgan fingerprint density at radius 1 is 1.33 bits per heavy atom. The Labute approximate surface area is 111 Å². The van der Waals surface area contributed by atoms with Gasteiger partial charge in [0.25, 0.3) is 0 Å². The highest BCUT2D eigenvalue weighted by Crippen LogP contribution is 2.26. The average molecular weight is 263 g/mol. The molecule has 0 aliphatic rings. The van der Waals surface area contributed by atoms with Gasteiger partial charge in [-0.15, -0.1) is 0 Å². The maximum atomic E-state index is 10.6. The summed E-state index contributed by atoms with van der Waals surface area (Å²) in [4.78, 5) is 7.15. The first-order chi connectivity index (χ1) is 8.74. The van der Waals surface area contributed by atoms with Crippen molar-refractivity contribution >= 4 is 11.8 Å². The molecule has 0 fully saturated rings. The standard InChI is InChI=1S/C13H17N3OS/c14-10-13(17,11-4-2-1-3-5-11)6-9-18-12-15-7-8-16-12/h1-5,7-8,17H,6,9-10,14H2,(H,15,16). The minimum absolute atomic E-state index is 0.218. The summed E-state index contributed by atoms with van der Waals surface area (Å²) in [5.41, 5.74) is 5.63. The number of hydrogen-bond donors (Lipinski definition) is 3. The number of imidazole rings is 1. The summed E-state index contributed by atoms with van der Waals surface area (Å²) in [6, 6.07) is 9.57. The number of thioether (sulfide) groups is 1. The number of aromatic nitrogens is 2. The highest BCUT2D eigenvalue weighted by atomic mass is 32.2. The number of aliphatic hydroxyl groups is 1. The van der Waals surface area contributed by atoms with E-state index >= 15 is 0 Å². The zero-order chi connectivity index (χ0) is 12.8. The van der Waals surface area contributed by atoms with Crippen LogP contribution in [0, 0.1) is 0 Å². The molecule has 2 rings (SSSR count). The van der Waals surface area contributed by atoms with Gasteiger partial charge in [0.1, 0.15) is 5.60 Å². The van der Waals surface area contributed by atoms with Crippen molar-refractivity contribution in [2.24, 2.45) is 5.73 Å². The van der Waals surface area contributed by atoms with Gasteiger partial charge in [-0.05, 0) is 12.0 Å². The van der Waals surface area contributed by atoms with Crippen LogP contribution in [0.5, 0.6) is 0 Å². The van der Waals surface area contributed by atoms with Crippen molar-refractivity contribution in [1.29, 1.82) is 0 Å². The molecule has 1 unspecified atom stereocenters. The Morgan fingerprint density at radius 3 is 2.72 bits per heavy atom. The van der Waals surface area contributed by atoms with Crippen molar-refractivity contribution in [3.05, 3.63) is 48.3 Å². The lowest BCUT2D eigenvalue weighted by Gasteiger charge is -2.26. The average Bonchev–Trinajstić information content (AvgIpc) is 2.93. The molecule has 5 heteroatoms. The summed E-state index contributed by atoms with van der Waals surface area (Å²) in [5.74, 6) is 0.760. The largest absolute Gasteiger partial charge is 0.384 e. The van der Waals surface area contributed by atoms with Gasteiger partial charge in [0.2, 0.25) is 0 Å². The fraction of sp³-hybridized carbons (Fsp3) is 0.308. The van der Waals surface area contributed by atoms with Crippen LogP contribution in [0.25, 0.3) is 0 Å². The number of hydrogen-bond acceptors (Lipinski definition) is 4. The van der Waals surface area contributed by atoms with Crippen LogP contribution in [-0.2, 0) is 5.60 Å². The lowest BCUT2D eigenvalue weighted by molar-refractivity contribution is 0.0431. The summed E-state index contributed by atoms with van der Waals surface area (Å²) in [6.07, 6.45) is 4.10. The Hall–Kier alpha value is -1.30. The van der Waals surface area contributed by atoms with E-state index in [0.29, 0.717) is 6.42 Å².